The van der Waals surface area contributed by atoms with Crippen LogP contribution < -0.4 is 16.2 Å². The highest BCUT2D eigenvalue weighted by Gasteiger charge is 2.37. The molecule has 2 aliphatic heterocycles. The number of amides is 1. The summed E-state index contributed by atoms with van der Waals surface area (Å²) in [6.07, 6.45) is 1.03. The highest BCUT2D eigenvalue weighted by molar-refractivity contribution is 5.93. The van der Waals surface area contributed by atoms with E-state index in [4.69, 9.17) is 4.52 Å². The van der Waals surface area contributed by atoms with Crippen molar-refractivity contribution in [2.24, 2.45) is 5.92 Å². The maximum Gasteiger partial charge on any atom is 0.273 e. The molecule has 0 unspecified atom stereocenters. The normalized spacial score (nSPS) is 21.9. The number of carbonyl (C=O) groups is 1. The van der Waals surface area contributed by atoms with Crippen molar-refractivity contribution in [1.82, 2.24) is 20.4 Å². The molecular weight excluding hydrogens is 404 g/mol. The van der Waals surface area contributed by atoms with Gasteiger partial charge in [-0.1, -0.05) is 41.6 Å². The highest BCUT2D eigenvalue weighted by atomic mass is 35.5. The van der Waals surface area contributed by atoms with E-state index in [1.165, 1.54) is 0 Å². The molecule has 0 saturated carbocycles. The van der Waals surface area contributed by atoms with Crippen LogP contribution >= 0.6 is 12.4 Å². The summed E-state index contributed by atoms with van der Waals surface area (Å²) in [7, 11) is 0. The molecule has 1 aromatic carbocycles. The quantitative estimate of drug-likeness (QED) is 0.669. The number of nitrogens with one attached hydrogen (secondary N) is 2. The van der Waals surface area contributed by atoms with Crippen LogP contribution in [0.2, 0.25) is 0 Å². The Balaban J connectivity index is 0.00000218. The van der Waals surface area contributed by atoms with E-state index in [0.717, 1.165) is 30.8 Å². The van der Waals surface area contributed by atoms with Gasteiger partial charge in [0, 0.05) is 48.9 Å². The van der Waals surface area contributed by atoms with E-state index in [9.17, 15) is 9.59 Å². The van der Waals surface area contributed by atoms with Crippen molar-refractivity contribution in [2.45, 2.75) is 18.4 Å². The van der Waals surface area contributed by atoms with Crippen molar-refractivity contribution in [3.8, 4) is 11.3 Å². The summed E-state index contributed by atoms with van der Waals surface area (Å²) in [4.78, 5) is 25.2. The zero-order valence-electron chi connectivity index (χ0n) is 16.3. The van der Waals surface area contributed by atoms with Gasteiger partial charge in [0.2, 0.25) is 0 Å². The van der Waals surface area contributed by atoms with Crippen molar-refractivity contribution in [1.29, 1.82) is 0 Å². The number of pyridine rings is 1. The largest absolute Gasteiger partial charge is 0.355 e. The van der Waals surface area contributed by atoms with Crippen molar-refractivity contribution >= 4 is 18.3 Å². The summed E-state index contributed by atoms with van der Waals surface area (Å²) < 4.78 is 7.20. The number of benzene rings is 1. The summed E-state index contributed by atoms with van der Waals surface area (Å²) in [6, 6.07) is 16.5. The van der Waals surface area contributed by atoms with Gasteiger partial charge in [-0.25, -0.2) is 0 Å². The van der Waals surface area contributed by atoms with Gasteiger partial charge in [-0.3, -0.25) is 9.59 Å². The second-order valence-electron chi connectivity index (χ2n) is 7.73. The highest BCUT2D eigenvalue weighted by Crippen LogP contribution is 2.38. The van der Waals surface area contributed by atoms with E-state index in [-0.39, 0.29) is 35.6 Å². The maximum atomic E-state index is 12.7. The van der Waals surface area contributed by atoms with Crippen molar-refractivity contribution in [3.63, 3.8) is 0 Å². The number of piperidine rings is 1. The number of fused-ring (bicyclic) bond motifs is 4. The van der Waals surface area contributed by atoms with Gasteiger partial charge in [0.1, 0.15) is 0 Å². The summed E-state index contributed by atoms with van der Waals surface area (Å²) in [5, 5.41) is 10.3. The fourth-order valence-corrected chi connectivity index (χ4v) is 4.58. The third-order valence-electron chi connectivity index (χ3n) is 5.97. The zero-order chi connectivity index (χ0) is 19.8. The molecule has 2 aliphatic rings. The van der Waals surface area contributed by atoms with Crippen LogP contribution in [-0.4, -0.2) is 35.3 Å². The molecule has 30 heavy (non-hydrogen) atoms. The third kappa shape index (κ3) is 3.66. The van der Waals surface area contributed by atoms with E-state index in [0.29, 0.717) is 24.1 Å². The van der Waals surface area contributed by atoms with Gasteiger partial charge >= 0.3 is 0 Å². The predicted molar refractivity (Wildman–Crippen MR) is 115 cm³/mol. The summed E-state index contributed by atoms with van der Waals surface area (Å²) in [6.45, 7) is 2.11. The first-order valence-corrected chi connectivity index (χ1v) is 9.93. The first kappa shape index (κ1) is 20.4. The topological polar surface area (TPSA) is 89.2 Å². The van der Waals surface area contributed by atoms with E-state index >= 15 is 0 Å². The van der Waals surface area contributed by atoms with Gasteiger partial charge in [-0.15, -0.1) is 12.4 Å². The fraction of sp³-hybridized carbons (Fsp3) is 0.318. The summed E-state index contributed by atoms with van der Waals surface area (Å²) >= 11 is 0. The number of hydrogen-bond donors (Lipinski definition) is 2. The van der Waals surface area contributed by atoms with E-state index in [2.05, 4.69) is 15.8 Å². The molecule has 2 N–H and O–H groups in total. The molecule has 8 heteroatoms. The Morgan fingerprint density at radius 1 is 1.17 bits per heavy atom. The molecule has 3 aromatic rings. The first-order chi connectivity index (χ1) is 14.2. The lowest BCUT2D eigenvalue weighted by atomic mass is 9.79. The maximum absolute atomic E-state index is 12.7. The SMILES string of the molecule is Cl.O=C(NC[C@H]1[C@@H]2CNC[C@@H](C2)c2cccc(=O)n21)c1cc(-c2ccccc2)on1. The number of aromatic nitrogens is 2. The van der Waals surface area contributed by atoms with Gasteiger partial charge < -0.3 is 19.7 Å². The van der Waals surface area contributed by atoms with E-state index in [1.54, 1.807) is 12.1 Å². The Labute approximate surface area is 179 Å². The van der Waals surface area contributed by atoms with Gasteiger partial charge in [-0.2, -0.15) is 0 Å². The molecule has 156 valence electrons. The molecule has 0 spiro atoms. The third-order valence-corrected chi connectivity index (χ3v) is 5.97. The van der Waals surface area contributed by atoms with Gasteiger partial charge in [-0.05, 0) is 18.4 Å². The van der Waals surface area contributed by atoms with E-state index in [1.807, 2.05) is 47.0 Å². The molecule has 0 aliphatic carbocycles. The Morgan fingerprint density at radius 2 is 2.00 bits per heavy atom. The van der Waals surface area contributed by atoms with Crippen molar-refractivity contribution in [3.05, 3.63) is 76.3 Å². The average molecular weight is 427 g/mol. The molecular formula is C22H23ClN4O3. The lowest BCUT2D eigenvalue weighted by molar-refractivity contribution is 0.0923. The molecule has 5 rings (SSSR count). The van der Waals surface area contributed by atoms with Gasteiger partial charge in [0.25, 0.3) is 11.5 Å². The number of halogens is 1. The Bertz CT molecular complexity index is 1100. The molecule has 2 aromatic heterocycles. The lowest BCUT2D eigenvalue weighted by Gasteiger charge is -2.43. The molecule has 1 saturated heterocycles. The minimum Gasteiger partial charge on any atom is -0.355 e. The second kappa shape index (κ2) is 8.45. The predicted octanol–water partition coefficient (Wildman–Crippen LogP) is 2.60. The van der Waals surface area contributed by atoms with Gasteiger partial charge in [0.15, 0.2) is 11.5 Å². The molecule has 3 atom stereocenters. The second-order valence-corrected chi connectivity index (χ2v) is 7.73. The molecule has 2 bridgehead atoms. The number of carbonyl (C=O) groups excluding carboxylic acids is 1. The molecule has 4 heterocycles. The molecule has 0 radical (unpaired) electrons. The first-order valence-electron chi connectivity index (χ1n) is 9.93. The van der Waals surface area contributed by atoms with Gasteiger partial charge in [0.05, 0.1) is 6.04 Å². The van der Waals surface area contributed by atoms with Crippen molar-refractivity contribution in [2.75, 3.05) is 19.6 Å². The zero-order valence-corrected chi connectivity index (χ0v) is 17.1. The summed E-state index contributed by atoms with van der Waals surface area (Å²) in [5.41, 5.74) is 2.14. The fourth-order valence-electron chi connectivity index (χ4n) is 4.58. The Kier molecular flexibility index (Phi) is 5.74. The molecule has 7 nitrogen and oxygen atoms in total. The minimum absolute atomic E-state index is 0. The minimum atomic E-state index is -0.299. The number of nitrogens with zero attached hydrogens (tertiary/aromatic N) is 2. The van der Waals surface area contributed by atoms with Crippen molar-refractivity contribution < 1.29 is 9.32 Å². The average Bonchev–Trinajstić information content (AvgIpc) is 3.25. The summed E-state index contributed by atoms with van der Waals surface area (Å²) in [5.74, 6) is 0.902. The monoisotopic (exact) mass is 426 g/mol. The smallest absolute Gasteiger partial charge is 0.273 e. The number of hydrogen-bond acceptors (Lipinski definition) is 5. The number of rotatable bonds is 4. The molecule has 1 fully saturated rings. The Morgan fingerprint density at radius 3 is 2.83 bits per heavy atom. The molecule has 1 amide bonds. The Hall–Kier alpha value is -2.90. The standard InChI is InChI=1S/C22H22N4O3.ClH/c27-21-8-4-7-18-15-9-16(12-23-11-15)19(26(18)21)13-24-22(28)17-10-20(29-25-17)14-5-2-1-3-6-14;/h1-8,10,15-16,19,23H,9,11-13H2,(H,24,28);1H/t15-,16+,19+;/m1./s1. The van der Waals surface area contributed by atoms with Crippen LogP contribution in [0.5, 0.6) is 0 Å². The van der Waals surface area contributed by atoms with Crippen LogP contribution in [-0.2, 0) is 0 Å². The van der Waals surface area contributed by atoms with Crippen LogP contribution in [0.1, 0.15) is 34.6 Å². The van der Waals surface area contributed by atoms with Crippen LogP contribution in [0.25, 0.3) is 11.3 Å². The van der Waals surface area contributed by atoms with Crippen LogP contribution in [0.3, 0.4) is 0 Å². The van der Waals surface area contributed by atoms with E-state index < -0.39 is 0 Å². The lowest BCUT2D eigenvalue weighted by Crippen LogP contribution is -2.50. The van der Waals surface area contributed by atoms with Crippen LogP contribution in [0, 0.1) is 5.92 Å². The van der Waals surface area contributed by atoms with Crippen LogP contribution in [0.15, 0.2) is 63.9 Å². The van der Waals surface area contributed by atoms with Crippen LogP contribution in [0.4, 0.5) is 0 Å².